The molecule has 0 aliphatic carbocycles. The summed E-state index contributed by atoms with van der Waals surface area (Å²) in [6, 6.07) is 13.2. The average molecular weight is 460 g/mol. The van der Waals surface area contributed by atoms with Crippen molar-refractivity contribution in [2.24, 2.45) is 5.92 Å². The number of nitrogens with zero attached hydrogens (tertiary/aromatic N) is 2. The Labute approximate surface area is 191 Å². The highest BCUT2D eigenvalue weighted by molar-refractivity contribution is 7.92. The van der Waals surface area contributed by atoms with Crippen molar-refractivity contribution in [3.8, 4) is 5.75 Å². The molecule has 1 unspecified atom stereocenters. The first kappa shape index (κ1) is 24.1. The maximum atomic E-state index is 13.1. The number of likely N-dealkylation sites (tertiary alicyclic amines) is 1. The average Bonchev–Trinajstić information content (AvgIpc) is 2.82. The first-order valence-electron chi connectivity index (χ1n) is 11.0. The molecule has 1 saturated heterocycles. The predicted molar refractivity (Wildman–Crippen MR) is 127 cm³/mol. The smallest absolute Gasteiger partial charge is 0.264 e. The van der Waals surface area contributed by atoms with E-state index < -0.39 is 10.0 Å². The van der Waals surface area contributed by atoms with Crippen LogP contribution in [0, 0.1) is 5.92 Å². The maximum absolute atomic E-state index is 13.1. The standard InChI is InChI=1S/C24H33N3O4S/c1-18-12-14-27(15-13-18)19(2)17-25-24(28)20-6-5-7-23(16-20)32(29,30)26(3)21-8-10-22(31-4)11-9-21/h5-11,16,18-19H,12-15,17H2,1-4H3,(H,25,28). The summed E-state index contributed by atoms with van der Waals surface area (Å²) in [6.07, 6.45) is 2.36. The Morgan fingerprint density at radius 2 is 1.84 bits per heavy atom. The van der Waals surface area contributed by atoms with E-state index in [1.54, 1.807) is 43.5 Å². The van der Waals surface area contributed by atoms with Gasteiger partial charge in [-0.15, -0.1) is 0 Å². The van der Waals surface area contributed by atoms with Gasteiger partial charge in [0.1, 0.15) is 5.75 Å². The predicted octanol–water partition coefficient (Wildman–Crippen LogP) is 3.37. The van der Waals surface area contributed by atoms with Crippen LogP contribution in [0.5, 0.6) is 5.75 Å². The lowest BCUT2D eigenvalue weighted by atomic mass is 9.98. The largest absolute Gasteiger partial charge is 0.497 e. The van der Waals surface area contributed by atoms with Crippen LogP contribution >= 0.6 is 0 Å². The van der Waals surface area contributed by atoms with Crippen molar-refractivity contribution in [2.45, 2.75) is 37.6 Å². The number of hydrogen-bond donors (Lipinski definition) is 1. The van der Waals surface area contributed by atoms with Crippen molar-refractivity contribution in [3.05, 3.63) is 54.1 Å². The molecule has 3 rings (SSSR count). The summed E-state index contributed by atoms with van der Waals surface area (Å²) in [5.74, 6) is 1.13. The summed E-state index contributed by atoms with van der Waals surface area (Å²) in [7, 11) is -0.771. The Hall–Kier alpha value is -2.58. The normalized spacial score (nSPS) is 16.4. The van der Waals surface area contributed by atoms with Crippen LogP contribution in [0.2, 0.25) is 0 Å². The lowest BCUT2D eigenvalue weighted by Crippen LogP contribution is -2.45. The molecule has 8 heteroatoms. The van der Waals surface area contributed by atoms with Crippen LogP contribution in [0.25, 0.3) is 0 Å². The molecule has 1 heterocycles. The van der Waals surface area contributed by atoms with Crippen molar-refractivity contribution in [3.63, 3.8) is 0 Å². The lowest BCUT2D eigenvalue weighted by molar-refractivity contribution is 0.0921. The molecule has 1 fully saturated rings. The molecule has 1 N–H and O–H groups in total. The van der Waals surface area contributed by atoms with E-state index in [1.807, 2.05) is 0 Å². The number of methoxy groups -OCH3 is 1. The van der Waals surface area contributed by atoms with Gasteiger partial charge in [-0.25, -0.2) is 8.42 Å². The summed E-state index contributed by atoms with van der Waals surface area (Å²) in [6.45, 7) is 7.00. The zero-order chi connectivity index (χ0) is 23.3. The quantitative estimate of drug-likeness (QED) is 0.655. The molecule has 1 aliphatic rings. The minimum absolute atomic E-state index is 0.0709. The summed E-state index contributed by atoms with van der Waals surface area (Å²) in [5.41, 5.74) is 0.832. The molecule has 0 spiro atoms. The maximum Gasteiger partial charge on any atom is 0.264 e. The van der Waals surface area contributed by atoms with Crippen molar-refractivity contribution in [1.29, 1.82) is 0 Å². The molecular formula is C24H33N3O4S. The molecule has 7 nitrogen and oxygen atoms in total. The molecular weight excluding hydrogens is 426 g/mol. The number of carbonyl (C=O) groups excluding carboxylic acids is 1. The van der Waals surface area contributed by atoms with Crippen LogP contribution in [-0.2, 0) is 10.0 Å². The van der Waals surface area contributed by atoms with E-state index in [0.717, 1.165) is 19.0 Å². The van der Waals surface area contributed by atoms with Crippen molar-refractivity contribution in [2.75, 3.05) is 38.1 Å². The fourth-order valence-electron chi connectivity index (χ4n) is 3.83. The number of benzene rings is 2. The number of ether oxygens (including phenoxy) is 1. The van der Waals surface area contributed by atoms with Gasteiger partial charge in [0, 0.05) is 25.2 Å². The van der Waals surface area contributed by atoms with Crippen LogP contribution in [0.1, 0.15) is 37.0 Å². The van der Waals surface area contributed by atoms with Crippen LogP contribution in [0.4, 0.5) is 5.69 Å². The highest BCUT2D eigenvalue weighted by atomic mass is 32.2. The Bertz CT molecular complexity index is 1020. The SMILES string of the molecule is COc1ccc(N(C)S(=O)(=O)c2cccc(C(=O)NCC(C)N3CCC(C)CC3)c2)cc1. The second-order valence-corrected chi connectivity index (χ2v) is 10.4. The van der Waals surface area contributed by atoms with Crippen LogP contribution in [0.15, 0.2) is 53.4 Å². The van der Waals surface area contributed by atoms with Crippen LogP contribution in [0.3, 0.4) is 0 Å². The van der Waals surface area contributed by atoms with E-state index in [4.69, 9.17) is 4.74 Å². The topological polar surface area (TPSA) is 78.9 Å². The Balaban J connectivity index is 1.67. The van der Waals surface area contributed by atoms with Crippen molar-refractivity contribution >= 4 is 21.6 Å². The van der Waals surface area contributed by atoms with E-state index in [2.05, 4.69) is 24.1 Å². The van der Waals surface area contributed by atoms with Gasteiger partial charge in [-0.2, -0.15) is 0 Å². The number of rotatable bonds is 8. The van der Waals surface area contributed by atoms with Crippen molar-refractivity contribution in [1.82, 2.24) is 10.2 Å². The molecule has 1 amide bonds. The summed E-state index contributed by atoms with van der Waals surface area (Å²) < 4.78 is 32.6. The molecule has 32 heavy (non-hydrogen) atoms. The highest BCUT2D eigenvalue weighted by Crippen LogP contribution is 2.25. The lowest BCUT2D eigenvalue weighted by Gasteiger charge is -2.35. The Morgan fingerprint density at radius 3 is 2.47 bits per heavy atom. The van der Waals surface area contributed by atoms with Gasteiger partial charge in [-0.05, 0) is 81.2 Å². The second kappa shape index (κ2) is 10.4. The highest BCUT2D eigenvalue weighted by Gasteiger charge is 2.24. The number of piperidine rings is 1. The van der Waals surface area contributed by atoms with Crippen LogP contribution < -0.4 is 14.4 Å². The van der Waals surface area contributed by atoms with Gasteiger partial charge in [0.05, 0.1) is 17.7 Å². The van der Waals surface area contributed by atoms with Gasteiger partial charge in [0.2, 0.25) is 0 Å². The third-order valence-electron chi connectivity index (χ3n) is 6.19. The van der Waals surface area contributed by atoms with Gasteiger partial charge < -0.3 is 10.1 Å². The summed E-state index contributed by atoms with van der Waals surface area (Å²) >= 11 is 0. The number of hydrogen-bond acceptors (Lipinski definition) is 5. The van der Waals surface area contributed by atoms with Gasteiger partial charge in [0.15, 0.2) is 0 Å². The molecule has 0 aromatic heterocycles. The molecule has 1 aliphatic heterocycles. The minimum atomic E-state index is -3.82. The third kappa shape index (κ3) is 5.61. The molecule has 174 valence electrons. The number of carbonyl (C=O) groups is 1. The van der Waals surface area contributed by atoms with E-state index >= 15 is 0 Å². The van der Waals surface area contributed by atoms with Gasteiger partial charge >= 0.3 is 0 Å². The zero-order valence-electron chi connectivity index (χ0n) is 19.2. The van der Waals surface area contributed by atoms with E-state index in [1.165, 1.54) is 36.3 Å². The second-order valence-electron chi connectivity index (χ2n) is 8.48. The monoisotopic (exact) mass is 459 g/mol. The van der Waals surface area contributed by atoms with Gasteiger partial charge in [0.25, 0.3) is 15.9 Å². The molecule has 1 atom stereocenters. The summed E-state index contributed by atoms with van der Waals surface area (Å²) in [5, 5.41) is 2.96. The third-order valence-corrected chi connectivity index (χ3v) is 7.97. The van der Waals surface area contributed by atoms with E-state index in [9.17, 15) is 13.2 Å². The van der Waals surface area contributed by atoms with Crippen molar-refractivity contribution < 1.29 is 17.9 Å². The molecule has 0 bridgehead atoms. The number of sulfonamides is 1. The van der Waals surface area contributed by atoms with E-state index in [0.29, 0.717) is 23.5 Å². The Kier molecular flexibility index (Phi) is 7.79. The summed E-state index contributed by atoms with van der Waals surface area (Å²) in [4.78, 5) is 15.2. The van der Waals surface area contributed by atoms with Crippen LogP contribution in [-0.4, -0.2) is 59.1 Å². The van der Waals surface area contributed by atoms with Gasteiger partial charge in [-0.3, -0.25) is 14.0 Å². The number of anilines is 1. The molecule has 0 radical (unpaired) electrons. The number of nitrogens with one attached hydrogen (secondary N) is 1. The van der Waals surface area contributed by atoms with E-state index in [-0.39, 0.29) is 16.8 Å². The number of amides is 1. The molecule has 2 aromatic rings. The first-order chi connectivity index (χ1) is 15.2. The fourth-order valence-corrected chi connectivity index (χ4v) is 5.07. The Morgan fingerprint density at radius 1 is 1.19 bits per heavy atom. The first-order valence-corrected chi connectivity index (χ1v) is 12.4. The fraction of sp³-hybridized carbons (Fsp3) is 0.458. The zero-order valence-corrected chi connectivity index (χ0v) is 20.1. The van der Waals surface area contributed by atoms with Gasteiger partial charge in [-0.1, -0.05) is 13.0 Å². The minimum Gasteiger partial charge on any atom is -0.497 e. The molecule has 0 saturated carbocycles. The molecule has 2 aromatic carbocycles.